The Morgan fingerprint density at radius 3 is 1.74 bits per heavy atom. The van der Waals surface area contributed by atoms with Gasteiger partial charge in [0.15, 0.2) is 11.6 Å². The van der Waals surface area contributed by atoms with Crippen LogP contribution in [0.5, 0.6) is 11.5 Å². The van der Waals surface area contributed by atoms with Gasteiger partial charge in [0.25, 0.3) is 0 Å². The molecule has 11 rings (SSSR count). The Hall–Kier alpha value is -5.17. The molecule has 0 spiro atoms. The molecule has 0 bridgehead atoms. The van der Waals surface area contributed by atoms with E-state index >= 15 is 0 Å². The van der Waals surface area contributed by atoms with E-state index in [0.717, 1.165) is 22.6 Å². The number of hydrogen-bond donors (Lipinski definition) is 0. The lowest BCUT2D eigenvalue weighted by molar-refractivity contribution is 0.419. The number of hydrogen-bond acceptors (Lipinski definition) is 6. The summed E-state index contributed by atoms with van der Waals surface area (Å²) in [4.78, 5) is 19.9. The van der Waals surface area contributed by atoms with Crippen LogP contribution in [0.15, 0.2) is 135 Å². The molecule has 0 N–H and O–H groups in total. The quantitative estimate of drug-likeness (QED) is 0.176. The number of aromatic nitrogens is 3. The van der Waals surface area contributed by atoms with E-state index in [0.29, 0.717) is 11.6 Å². The highest BCUT2D eigenvalue weighted by Gasteiger charge is 2.43. The van der Waals surface area contributed by atoms with Gasteiger partial charge in [0.1, 0.15) is 17.8 Å². The molecule has 4 aliphatic rings. The molecule has 0 unspecified atom stereocenters. The van der Waals surface area contributed by atoms with Crippen molar-refractivity contribution in [1.29, 1.82) is 0 Å². The van der Waals surface area contributed by atoms with Crippen LogP contribution in [-0.2, 0) is 16.2 Å². The van der Waals surface area contributed by atoms with E-state index in [9.17, 15) is 0 Å². The molecular weight excluding hydrogens is 699 g/mol. The van der Waals surface area contributed by atoms with Crippen molar-refractivity contribution in [3.63, 3.8) is 0 Å². The largest absolute Gasteiger partial charge is 0.456 e. The number of para-hydroxylation sites is 1. The third-order valence-corrected chi connectivity index (χ3v) is 15.0. The molecule has 0 amide bonds. The van der Waals surface area contributed by atoms with Gasteiger partial charge < -0.3 is 4.74 Å². The molecule has 262 valence electrons. The number of nitrogens with zero attached hydrogens (tertiary/aromatic N) is 3. The lowest BCUT2D eigenvalue weighted by atomic mass is 9.74. The first-order valence-corrected chi connectivity index (χ1v) is 20.2. The Bertz CT molecular complexity index is 2800. The SMILES string of the molecule is CC1(C)c2ccccc2Oc2c1ccc1c2-c2ccc(-c3ncnc(-c4ccc5c(c4)C(C)(C)c4ccc6c(c4-5)Sc4ccccc4S6)n3)cc2C1(C)C. The van der Waals surface area contributed by atoms with Crippen molar-refractivity contribution < 1.29 is 4.74 Å². The van der Waals surface area contributed by atoms with E-state index in [1.807, 2.05) is 23.5 Å². The third kappa shape index (κ3) is 4.32. The topological polar surface area (TPSA) is 47.9 Å². The second-order valence-corrected chi connectivity index (χ2v) is 18.6. The van der Waals surface area contributed by atoms with Crippen LogP contribution < -0.4 is 4.74 Å². The first-order chi connectivity index (χ1) is 26.0. The van der Waals surface area contributed by atoms with Crippen LogP contribution in [0.3, 0.4) is 0 Å². The van der Waals surface area contributed by atoms with Crippen molar-refractivity contribution in [3.05, 3.63) is 149 Å². The number of rotatable bonds is 2. The Balaban J connectivity index is 0.971. The third-order valence-electron chi connectivity index (χ3n) is 12.4. The molecule has 6 aromatic carbocycles. The number of fused-ring (bicyclic) bond motifs is 12. The zero-order valence-corrected chi connectivity index (χ0v) is 32.7. The van der Waals surface area contributed by atoms with E-state index in [1.165, 1.54) is 75.2 Å². The predicted octanol–water partition coefficient (Wildman–Crippen LogP) is 12.9. The molecule has 6 heteroatoms. The summed E-state index contributed by atoms with van der Waals surface area (Å²) in [5.74, 6) is 3.27. The summed E-state index contributed by atoms with van der Waals surface area (Å²) >= 11 is 3.78. The van der Waals surface area contributed by atoms with Crippen molar-refractivity contribution in [2.45, 2.75) is 77.4 Å². The standard InChI is InChI=1S/C48H37N3OS2/c1-46(2)30-11-7-8-12-36(30)52-42-33(46)20-19-31-40(42)28-17-15-26(23-34(28)47(31,3)4)44-49-25-50-45(51-44)27-16-18-29-35(24-27)48(5,6)32-21-22-39-43(41(29)32)54-38-14-10-9-13-37(38)53-39/h7-25H,1-6H3. The fraction of sp³-hybridized carbons (Fsp3) is 0.188. The van der Waals surface area contributed by atoms with Gasteiger partial charge in [-0.15, -0.1) is 0 Å². The molecule has 0 fully saturated rings. The molecule has 2 aliphatic heterocycles. The highest BCUT2D eigenvalue weighted by molar-refractivity contribution is 8.05. The van der Waals surface area contributed by atoms with Crippen LogP contribution in [0, 0.1) is 0 Å². The number of benzene rings is 6. The minimum atomic E-state index is -0.228. The molecule has 2 aliphatic carbocycles. The molecule has 0 saturated carbocycles. The summed E-state index contributed by atoms with van der Waals surface area (Å²) in [6.45, 7) is 13.9. The Labute approximate surface area is 324 Å². The zero-order valence-electron chi connectivity index (χ0n) is 31.0. The minimum Gasteiger partial charge on any atom is -0.456 e. The fourth-order valence-electron chi connectivity index (χ4n) is 9.38. The Morgan fingerprint density at radius 2 is 1.04 bits per heavy atom. The average molecular weight is 736 g/mol. The molecule has 4 nitrogen and oxygen atoms in total. The monoisotopic (exact) mass is 735 g/mol. The van der Waals surface area contributed by atoms with Crippen molar-refractivity contribution in [3.8, 4) is 56.5 Å². The molecule has 1 aromatic heterocycles. The average Bonchev–Trinajstić information content (AvgIpc) is 3.56. The normalized spacial score (nSPS) is 16.8. The second-order valence-electron chi connectivity index (χ2n) is 16.5. The summed E-state index contributed by atoms with van der Waals surface area (Å²) in [6, 6.07) is 39.8. The summed E-state index contributed by atoms with van der Waals surface area (Å²) < 4.78 is 6.76. The van der Waals surface area contributed by atoms with Gasteiger partial charge in [-0.2, -0.15) is 0 Å². The van der Waals surface area contributed by atoms with Crippen molar-refractivity contribution in [2.24, 2.45) is 0 Å². The van der Waals surface area contributed by atoms with Crippen LogP contribution >= 0.6 is 23.5 Å². The van der Waals surface area contributed by atoms with Crippen LogP contribution in [0.1, 0.15) is 74.9 Å². The zero-order chi connectivity index (χ0) is 36.7. The number of ether oxygens (including phenoxy) is 1. The van der Waals surface area contributed by atoms with Gasteiger partial charge in [-0.25, -0.2) is 15.0 Å². The second kappa shape index (κ2) is 11.0. The first kappa shape index (κ1) is 32.3. The predicted molar refractivity (Wildman–Crippen MR) is 219 cm³/mol. The Kier molecular flexibility index (Phi) is 6.55. The highest BCUT2D eigenvalue weighted by Crippen LogP contribution is 2.60. The Morgan fingerprint density at radius 1 is 0.481 bits per heavy atom. The van der Waals surface area contributed by atoms with Crippen molar-refractivity contribution >= 4 is 23.5 Å². The summed E-state index contributed by atoms with van der Waals surface area (Å²) in [5.41, 5.74) is 14.2. The molecule has 0 saturated heterocycles. The van der Waals surface area contributed by atoms with Gasteiger partial charge in [-0.3, -0.25) is 0 Å². The van der Waals surface area contributed by atoms with Gasteiger partial charge in [0, 0.05) is 69.2 Å². The van der Waals surface area contributed by atoms with E-state index in [2.05, 4.69) is 151 Å². The molecule has 0 radical (unpaired) electrons. The van der Waals surface area contributed by atoms with E-state index in [-0.39, 0.29) is 16.2 Å². The maximum Gasteiger partial charge on any atom is 0.163 e. The summed E-state index contributed by atoms with van der Waals surface area (Å²) in [6.07, 6.45) is 1.66. The van der Waals surface area contributed by atoms with E-state index in [1.54, 1.807) is 6.33 Å². The van der Waals surface area contributed by atoms with Gasteiger partial charge in [0.05, 0.1) is 0 Å². The van der Waals surface area contributed by atoms with Gasteiger partial charge in [0.2, 0.25) is 0 Å². The maximum atomic E-state index is 6.76. The van der Waals surface area contributed by atoms with Gasteiger partial charge >= 0.3 is 0 Å². The lowest BCUT2D eigenvalue weighted by Crippen LogP contribution is -2.25. The van der Waals surface area contributed by atoms with Crippen LogP contribution in [0.25, 0.3) is 45.0 Å². The molecule has 0 atom stereocenters. The maximum absolute atomic E-state index is 6.76. The van der Waals surface area contributed by atoms with E-state index < -0.39 is 0 Å². The highest BCUT2D eigenvalue weighted by atomic mass is 32.2. The molecule has 54 heavy (non-hydrogen) atoms. The lowest BCUT2D eigenvalue weighted by Gasteiger charge is -2.36. The van der Waals surface area contributed by atoms with Crippen LogP contribution in [-0.4, -0.2) is 15.0 Å². The van der Waals surface area contributed by atoms with Crippen LogP contribution in [0.2, 0.25) is 0 Å². The van der Waals surface area contributed by atoms with Gasteiger partial charge in [-0.1, -0.05) is 138 Å². The summed E-state index contributed by atoms with van der Waals surface area (Å²) in [7, 11) is 0. The van der Waals surface area contributed by atoms with Crippen molar-refractivity contribution in [2.75, 3.05) is 0 Å². The first-order valence-electron chi connectivity index (χ1n) is 18.6. The molecule has 7 aromatic rings. The summed E-state index contributed by atoms with van der Waals surface area (Å²) in [5, 5.41) is 0. The molecular formula is C48H37N3OS2. The van der Waals surface area contributed by atoms with Gasteiger partial charge in [-0.05, 0) is 69.8 Å². The fourth-order valence-corrected chi connectivity index (χ4v) is 11.8. The molecule has 3 heterocycles. The van der Waals surface area contributed by atoms with E-state index in [4.69, 9.17) is 19.7 Å². The smallest absolute Gasteiger partial charge is 0.163 e. The van der Waals surface area contributed by atoms with Crippen LogP contribution in [0.4, 0.5) is 0 Å². The van der Waals surface area contributed by atoms with Crippen molar-refractivity contribution in [1.82, 2.24) is 15.0 Å². The minimum absolute atomic E-state index is 0.158.